The number of anilines is 3. The van der Waals surface area contributed by atoms with Gasteiger partial charge in [-0.25, -0.2) is 30.4 Å². The van der Waals surface area contributed by atoms with Crippen molar-refractivity contribution >= 4 is 45.0 Å². The lowest BCUT2D eigenvalue weighted by Gasteiger charge is -2.32. The van der Waals surface area contributed by atoms with Crippen molar-refractivity contribution in [1.29, 1.82) is 0 Å². The Balaban J connectivity index is 1.13. The fourth-order valence-corrected chi connectivity index (χ4v) is 6.20. The molecule has 13 nitrogen and oxygen atoms in total. The number of morpholine rings is 1. The minimum absolute atomic E-state index is 0.0913. The Kier molecular flexibility index (Phi) is 8.65. The molecule has 4 N–H and O–H groups in total. The monoisotopic (exact) mass is 590 g/mol. The van der Waals surface area contributed by atoms with Crippen LogP contribution in [0.1, 0.15) is 28.1 Å². The Bertz CT molecular complexity index is 1500. The summed E-state index contributed by atoms with van der Waals surface area (Å²) in [6, 6.07) is 5.72. The number of fused-ring (bicyclic) bond motifs is 1. The molecule has 0 radical (unpaired) electrons. The van der Waals surface area contributed by atoms with Gasteiger partial charge in [-0.15, -0.1) is 11.3 Å². The second-order valence-corrected chi connectivity index (χ2v) is 11.4. The Morgan fingerprint density at radius 3 is 2.52 bits per heavy atom. The highest BCUT2D eigenvalue weighted by Crippen LogP contribution is 2.34. The maximum Gasteiger partial charge on any atom is 0.261 e. The molecule has 0 aromatic carbocycles. The number of rotatable bonds is 9. The summed E-state index contributed by atoms with van der Waals surface area (Å²) in [5, 5.41) is 15.0. The maximum atomic E-state index is 13.3. The summed E-state index contributed by atoms with van der Waals surface area (Å²) in [7, 11) is 1.83. The molecule has 14 heteroatoms. The van der Waals surface area contributed by atoms with Crippen LogP contribution in [0.3, 0.4) is 0 Å². The first-order chi connectivity index (χ1) is 20.6. The van der Waals surface area contributed by atoms with Crippen LogP contribution >= 0.6 is 11.3 Å². The lowest BCUT2D eigenvalue weighted by molar-refractivity contribution is 0.0949. The first-order valence-corrected chi connectivity index (χ1v) is 14.9. The third-order valence-corrected chi connectivity index (χ3v) is 8.71. The van der Waals surface area contributed by atoms with E-state index in [1.54, 1.807) is 18.6 Å². The first kappa shape index (κ1) is 28.2. The summed E-state index contributed by atoms with van der Waals surface area (Å²) >= 11 is 1.43. The van der Waals surface area contributed by atoms with E-state index in [9.17, 15) is 4.79 Å². The van der Waals surface area contributed by atoms with E-state index in [1.165, 1.54) is 11.3 Å². The number of hydrogen-bond acceptors (Lipinski definition) is 13. The van der Waals surface area contributed by atoms with Gasteiger partial charge in [0.2, 0.25) is 5.95 Å². The number of nitrogens with zero attached hydrogens (tertiary/aromatic N) is 7. The van der Waals surface area contributed by atoms with E-state index in [-0.39, 0.29) is 5.91 Å². The molecule has 0 bridgehead atoms. The van der Waals surface area contributed by atoms with E-state index < -0.39 is 0 Å². The van der Waals surface area contributed by atoms with Gasteiger partial charge < -0.3 is 30.4 Å². The van der Waals surface area contributed by atoms with E-state index >= 15 is 0 Å². The number of amides is 1. The van der Waals surface area contributed by atoms with Crippen molar-refractivity contribution < 1.29 is 14.7 Å². The Morgan fingerprint density at radius 2 is 1.83 bits per heavy atom. The largest absolute Gasteiger partial charge is 0.378 e. The van der Waals surface area contributed by atoms with E-state index in [0.29, 0.717) is 48.9 Å². The highest BCUT2D eigenvalue weighted by Gasteiger charge is 2.24. The lowest BCUT2D eigenvalue weighted by atomic mass is 9.97. The number of carbonyl (C=O) groups is 1. The summed E-state index contributed by atoms with van der Waals surface area (Å²) in [6.07, 6.45) is 7.07. The zero-order chi connectivity index (χ0) is 28.9. The minimum Gasteiger partial charge on any atom is -0.378 e. The third-order valence-electron chi connectivity index (χ3n) is 7.59. The average Bonchev–Trinajstić information content (AvgIpc) is 3.49. The normalized spacial score (nSPS) is 16.1. The van der Waals surface area contributed by atoms with E-state index in [1.807, 2.05) is 25.2 Å². The predicted octanol–water partition coefficient (Wildman–Crippen LogP) is 2.55. The topological polar surface area (TPSA) is 154 Å². The van der Waals surface area contributed by atoms with E-state index in [2.05, 4.69) is 40.9 Å². The molecule has 4 aromatic rings. The average molecular weight is 591 g/mol. The van der Waals surface area contributed by atoms with Crippen LogP contribution in [0.15, 0.2) is 36.8 Å². The first-order valence-electron chi connectivity index (χ1n) is 14.1. The van der Waals surface area contributed by atoms with Gasteiger partial charge in [0, 0.05) is 76.0 Å². The highest BCUT2D eigenvalue weighted by molar-refractivity contribution is 7.21. The number of hydroxylamine groups is 1. The SMILES string of the molecule is CNc1ccc(-c2nc(N3CCOCC3)c3sc(C(=O)NCC4CCN(c5ncc(CNO)cn5)CC4)cc3n2)cn1. The summed E-state index contributed by atoms with van der Waals surface area (Å²) in [5.74, 6) is 3.16. The number of pyridine rings is 1. The molecular formula is C28H34N10O3S. The molecule has 0 saturated carbocycles. The predicted molar refractivity (Wildman–Crippen MR) is 161 cm³/mol. The van der Waals surface area contributed by atoms with Crippen molar-refractivity contribution in [2.45, 2.75) is 19.4 Å². The minimum atomic E-state index is -0.0913. The van der Waals surface area contributed by atoms with Gasteiger partial charge in [0.15, 0.2) is 11.6 Å². The van der Waals surface area contributed by atoms with Gasteiger partial charge in [0.25, 0.3) is 5.91 Å². The summed E-state index contributed by atoms with van der Waals surface area (Å²) in [6.45, 7) is 5.31. The number of hydrogen-bond donors (Lipinski definition) is 4. The number of ether oxygens (including phenoxy) is 1. The van der Waals surface area contributed by atoms with Crippen LogP contribution in [0, 0.1) is 5.92 Å². The number of nitrogens with one attached hydrogen (secondary N) is 3. The van der Waals surface area contributed by atoms with E-state index in [0.717, 1.165) is 72.0 Å². The quantitative estimate of drug-likeness (QED) is 0.212. The molecule has 0 spiro atoms. The fourth-order valence-electron chi connectivity index (χ4n) is 5.17. The Hall–Kier alpha value is -3.98. The maximum absolute atomic E-state index is 13.3. The van der Waals surface area contributed by atoms with Gasteiger partial charge in [0.05, 0.1) is 28.3 Å². The molecular weight excluding hydrogens is 556 g/mol. The molecule has 220 valence electrons. The molecule has 6 heterocycles. The summed E-state index contributed by atoms with van der Waals surface area (Å²) in [5.41, 5.74) is 4.51. The second-order valence-electron chi connectivity index (χ2n) is 10.3. The molecule has 42 heavy (non-hydrogen) atoms. The van der Waals surface area contributed by atoms with Gasteiger partial charge in [-0.05, 0) is 37.0 Å². The van der Waals surface area contributed by atoms with Gasteiger partial charge in [0.1, 0.15) is 5.82 Å². The smallest absolute Gasteiger partial charge is 0.261 e. The molecule has 2 aliphatic rings. The van der Waals surface area contributed by atoms with Crippen LogP contribution in [0.2, 0.25) is 0 Å². The van der Waals surface area contributed by atoms with Crippen LogP contribution in [0.25, 0.3) is 21.6 Å². The van der Waals surface area contributed by atoms with E-state index in [4.69, 9.17) is 19.9 Å². The number of carbonyl (C=O) groups excluding carboxylic acids is 1. The Labute approximate surface area is 247 Å². The zero-order valence-electron chi connectivity index (χ0n) is 23.4. The standard InChI is InChI=1S/C28H34N10O3S/c1-29-23-3-2-20(17-30-23)25-35-21-12-22(42-24(21)26(36-25)37-8-10-41-11-9-37)27(39)31-13-18-4-6-38(7-5-18)28-32-14-19(15-33-28)16-34-40/h2-3,12,14-15,17-18,34,40H,4-11,13,16H2,1H3,(H,29,30)(H,31,39). The fraction of sp³-hybridized carbons (Fsp3) is 0.429. The van der Waals surface area contributed by atoms with Crippen molar-refractivity contribution in [2.24, 2.45) is 5.92 Å². The molecule has 0 aliphatic carbocycles. The summed E-state index contributed by atoms with van der Waals surface area (Å²) < 4.78 is 6.47. The molecule has 2 saturated heterocycles. The number of aromatic nitrogens is 5. The third kappa shape index (κ3) is 6.26. The molecule has 1 amide bonds. The van der Waals surface area contributed by atoms with Gasteiger partial charge in [-0.1, -0.05) is 0 Å². The van der Waals surface area contributed by atoms with Crippen LogP contribution in [0.4, 0.5) is 17.6 Å². The second kappa shape index (κ2) is 12.9. The van der Waals surface area contributed by atoms with Crippen molar-refractivity contribution in [3.8, 4) is 11.4 Å². The van der Waals surface area contributed by atoms with Gasteiger partial charge in [-0.2, -0.15) is 0 Å². The van der Waals surface area contributed by atoms with Crippen molar-refractivity contribution in [2.75, 3.05) is 68.1 Å². The highest BCUT2D eigenvalue weighted by atomic mass is 32.1. The van der Waals surface area contributed by atoms with Crippen molar-refractivity contribution in [3.05, 3.63) is 47.2 Å². The van der Waals surface area contributed by atoms with Gasteiger partial charge >= 0.3 is 0 Å². The van der Waals surface area contributed by atoms with Crippen LogP contribution < -0.4 is 25.9 Å². The lowest BCUT2D eigenvalue weighted by Crippen LogP contribution is -2.39. The van der Waals surface area contributed by atoms with Crippen molar-refractivity contribution in [1.82, 2.24) is 35.7 Å². The van der Waals surface area contributed by atoms with Crippen LogP contribution in [-0.2, 0) is 11.3 Å². The number of piperidine rings is 1. The molecule has 0 unspecified atom stereocenters. The summed E-state index contributed by atoms with van der Waals surface area (Å²) in [4.78, 5) is 41.3. The molecule has 2 aliphatic heterocycles. The molecule has 0 atom stereocenters. The van der Waals surface area contributed by atoms with Gasteiger partial charge in [-0.3, -0.25) is 4.79 Å². The van der Waals surface area contributed by atoms with Crippen LogP contribution in [-0.4, -0.2) is 89.0 Å². The molecule has 2 fully saturated rings. The van der Waals surface area contributed by atoms with Crippen molar-refractivity contribution in [3.63, 3.8) is 0 Å². The number of thiophene rings is 1. The Morgan fingerprint density at radius 1 is 1.05 bits per heavy atom. The van der Waals surface area contributed by atoms with Crippen LogP contribution in [0.5, 0.6) is 0 Å². The molecule has 6 rings (SSSR count). The molecule has 4 aromatic heterocycles. The zero-order valence-corrected chi connectivity index (χ0v) is 24.2.